The van der Waals surface area contributed by atoms with Crippen LogP contribution in [0.4, 0.5) is 10.1 Å². The number of likely N-dealkylation sites (tertiary alicyclic amines) is 1. The van der Waals surface area contributed by atoms with Gasteiger partial charge >= 0.3 is 0 Å². The number of para-hydroxylation sites is 1. The zero-order chi connectivity index (χ0) is 21.1. The van der Waals surface area contributed by atoms with E-state index < -0.39 is 5.82 Å². The lowest BCUT2D eigenvalue weighted by Crippen LogP contribution is -2.38. The average molecular weight is 406 g/mol. The van der Waals surface area contributed by atoms with Gasteiger partial charge in [0, 0.05) is 43.0 Å². The van der Waals surface area contributed by atoms with Crippen LogP contribution >= 0.6 is 0 Å². The summed E-state index contributed by atoms with van der Waals surface area (Å²) < 4.78 is 13.4. The molecule has 1 aliphatic rings. The zero-order valence-electron chi connectivity index (χ0n) is 16.7. The number of nitrogens with zero attached hydrogens (tertiary/aromatic N) is 3. The number of amides is 2. The van der Waals surface area contributed by atoms with E-state index in [1.807, 2.05) is 30.3 Å². The van der Waals surface area contributed by atoms with Crippen LogP contribution in [-0.2, 0) is 0 Å². The number of aromatic nitrogens is 2. The number of benzene rings is 2. The molecule has 0 bridgehead atoms. The third-order valence-corrected chi connectivity index (χ3v) is 5.56. The average Bonchev–Trinajstić information content (AvgIpc) is 3.28. The van der Waals surface area contributed by atoms with E-state index in [1.54, 1.807) is 35.0 Å². The van der Waals surface area contributed by atoms with Gasteiger partial charge in [-0.1, -0.05) is 24.3 Å². The largest absolute Gasteiger partial charge is 0.339 e. The first kappa shape index (κ1) is 19.8. The molecule has 0 aliphatic carbocycles. The van der Waals surface area contributed by atoms with E-state index in [0.29, 0.717) is 24.3 Å². The van der Waals surface area contributed by atoms with Crippen LogP contribution in [0.15, 0.2) is 60.7 Å². The van der Waals surface area contributed by atoms with Crippen molar-refractivity contribution in [2.75, 3.05) is 25.0 Å². The second-order valence-electron chi connectivity index (χ2n) is 7.49. The van der Waals surface area contributed by atoms with Gasteiger partial charge in [-0.2, -0.15) is 5.10 Å². The van der Waals surface area contributed by atoms with Crippen molar-refractivity contribution in [2.24, 2.45) is 0 Å². The number of carbonyl (C=O) groups is 2. The van der Waals surface area contributed by atoms with Gasteiger partial charge < -0.3 is 9.80 Å². The number of carbonyl (C=O) groups excluding carboxylic acids is 2. The predicted molar refractivity (Wildman–Crippen MR) is 112 cm³/mol. The molecule has 6 nitrogen and oxygen atoms in total. The van der Waals surface area contributed by atoms with Gasteiger partial charge in [-0.05, 0) is 49.2 Å². The van der Waals surface area contributed by atoms with Crippen molar-refractivity contribution in [1.29, 1.82) is 0 Å². The van der Waals surface area contributed by atoms with Gasteiger partial charge in [0.15, 0.2) is 5.69 Å². The normalized spacial score (nSPS) is 14.5. The summed E-state index contributed by atoms with van der Waals surface area (Å²) in [4.78, 5) is 28.6. The minimum Gasteiger partial charge on any atom is -0.339 e. The fourth-order valence-electron chi connectivity index (χ4n) is 3.79. The first-order valence-corrected chi connectivity index (χ1v) is 9.96. The number of hydrogen-bond acceptors (Lipinski definition) is 3. The molecule has 30 heavy (non-hydrogen) atoms. The van der Waals surface area contributed by atoms with Gasteiger partial charge in [0.25, 0.3) is 11.8 Å². The summed E-state index contributed by atoms with van der Waals surface area (Å²) >= 11 is 0. The lowest BCUT2D eigenvalue weighted by molar-refractivity contribution is 0.0711. The molecular formula is C23H23FN4O2. The predicted octanol–water partition coefficient (Wildman–Crippen LogP) is 3.85. The van der Waals surface area contributed by atoms with Gasteiger partial charge in [0.1, 0.15) is 5.82 Å². The second kappa shape index (κ2) is 8.49. The first-order valence-electron chi connectivity index (χ1n) is 9.96. The molecule has 4 rings (SSSR count). The van der Waals surface area contributed by atoms with E-state index in [1.165, 1.54) is 12.1 Å². The van der Waals surface area contributed by atoms with Crippen LogP contribution in [0.1, 0.15) is 45.3 Å². The molecule has 7 heteroatoms. The van der Waals surface area contributed by atoms with Gasteiger partial charge in [0.2, 0.25) is 0 Å². The van der Waals surface area contributed by atoms with Crippen LogP contribution in [0.5, 0.6) is 0 Å². The molecule has 0 saturated carbocycles. The topological polar surface area (TPSA) is 69.3 Å². The van der Waals surface area contributed by atoms with Gasteiger partial charge in [-0.25, -0.2) is 4.39 Å². The number of hydrogen-bond donors (Lipinski definition) is 1. The quantitative estimate of drug-likeness (QED) is 0.716. The lowest BCUT2D eigenvalue weighted by atomic mass is 9.93. The number of nitrogens with one attached hydrogen (secondary N) is 1. The summed E-state index contributed by atoms with van der Waals surface area (Å²) in [6.45, 7) is 1.15. The van der Waals surface area contributed by atoms with Crippen LogP contribution in [0, 0.1) is 5.82 Å². The molecular weight excluding hydrogens is 383 g/mol. The maximum Gasteiger partial charge on any atom is 0.278 e. The van der Waals surface area contributed by atoms with Gasteiger partial charge in [0.05, 0.1) is 0 Å². The molecule has 2 aromatic carbocycles. The molecule has 1 aromatic heterocycles. The van der Waals surface area contributed by atoms with E-state index >= 15 is 0 Å². The number of halogens is 1. The van der Waals surface area contributed by atoms with E-state index in [2.05, 4.69) is 10.2 Å². The highest BCUT2D eigenvalue weighted by molar-refractivity contribution is 6.04. The maximum absolute atomic E-state index is 13.4. The Morgan fingerprint density at radius 3 is 2.50 bits per heavy atom. The summed E-state index contributed by atoms with van der Waals surface area (Å²) in [6, 6.07) is 17.0. The Bertz CT molecular complexity index is 1040. The summed E-state index contributed by atoms with van der Waals surface area (Å²) in [7, 11) is 1.72. The monoisotopic (exact) mass is 406 g/mol. The SMILES string of the molecule is CN(C(=O)c1cc(C2CCN(C(=O)c3cccc(F)c3)CC2)[nH]n1)c1ccccc1. The molecule has 0 spiro atoms. The molecule has 2 heterocycles. The fraction of sp³-hybridized carbons (Fsp3) is 0.261. The number of rotatable bonds is 4. The Morgan fingerprint density at radius 1 is 1.07 bits per heavy atom. The number of anilines is 1. The Hall–Kier alpha value is -3.48. The van der Waals surface area contributed by atoms with Crippen LogP contribution < -0.4 is 4.90 Å². The van der Waals surface area contributed by atoms with Crippen molar-refractivity contribution in [2.45, 2.75) is 18.8 Å². The molecule has 154 valence electrons. The second-order valence-corrected chi connectivity index (χ2v) is 7.49. The van der Waals surface area contributed by atoms with E-state index in [0.717, 1.165) is 24.2 Å². The van der Waals surface area contributed by atoms with E-state index in [-0.39, 0.29) is 17.7 Å². The van der Waals surface area contributed by atoms with Crippen molar-refractivity contribution in [1.82, 2.24) is 15.1 Å². The van der Waals surface area contributed by atoms with Crippen molar-refractivity contribution in [3.05, 3.63) is 83.4 Å². The maximum atomic E-state index is 13.4. The Kier molecular flexibility index (Phi) is 5.61. The smallest absolute Gasteiger partial charge is 0.278 e. The van der Waals surface area contributed by atoms with E-state index in [4.69, 9.17) is 0 Å². The molecule has 0 atom stereocenters. The van der Waals surface area contributed by atoms with Crippen LogP contribution in [0.2, 0.25) is 0 Å². The Labute approximate surface area is 174 Å². The number of piperidine rings is 1. The standard InChI is InChI=1S/C23H23FN4O2/c1-27(19-8-3-2-4-9-19)23(30)21-15-20(25-26-21)16-10-12-28(13-11-16)22(29)17-6-5-7-18(24)14-17/h2-9,14-16H,10-13H2,1H3,(H,25,26). The van der Waals surface area contributed by atoms with Crippen molar-refractivity contribution in [3.63, 3.8) is 0 Å². The molecule has 1 N–H and O–H groups in total. The minimum absolute atomic E-state index is 0.155. The van der Waals surface area contributed by atoms with Crippen LogP contribution in [0.3, 0.4) is 0 Å². The minimum atomic E-state index is -0.411. The third kappa shape index (κ3) is 4.10. The van der Waals surface area contributed by atoms with E-state index in [9.17, 15) is 14.0 Å². The Morgan fingerprint density at radius 2 is 1.80 bits per heavy atom. The third-order valence-electron chi connectivity index (χ3n) is 5.56. The molecule has 0 unspecified atom stereocenters. The summed E-state index contributed by atoms with van der Waals surface area (Å²) in [6.07, 6.45) is 1.51. The highest BCUT2D eigenvalue weighted by atomic mass is 19.1. The van der Waals surface area contributed by atoms with Crippen LogP contribution in [-0.4, -0.2) is 47.0 Å². The lowest BCUT2D eigenvalue weighted by Gasteiger charge is -2.31. The summed E-state index contributed by atoms with van der Waals surface area (Å²) in [5, 5.41) is 7.21. The molecule has 1 fully saturated rings. The summed E-state index contributed by atoms with van der Waals surface area (Å²) in [5.74, 6) is -0.552. The molecule has 2 amide bonds. The molecule has 0 radical (unpaired) electrons. The van der Waals surface area contributed by atoms with Gasteiger partial charge in [-0.15, -0.1) is 0 Å². The van der Waals surface area contributed by atoms with Crippen LogP contribution in [0.25, 0.3) is 0 Å². The number of H-pyrrole nitrogens is 1. The highest BCUT2D eigenvalue weighted by Gasteiger charge is 2.27. The molecule has 3 aromatic rings. The van der Waals surface area contributed by atoms with Crippen molar-refractivity contribution < 1.29 is 14.0 Å². The zero-order valence-corrected chi connectivity index (χ0v) is 16.7. The molecule has 1 aliphatic heterocycles. The Balaban J connectivity index is 1.38. The fourth-order valence-corrected chi connectivity index (χ4v) is 3.79. The highest BCUT2D eigenvalue weighted by Crippen LogP contribution is 2.28. The van der Waals surface area contributed by atoms with Gasteiger partial charge in [-0.3, -0.25) is 14.7 Å². The molecule has 1 saturated heterocycles. The van der Waals surface area contributed by atoms with Crippen molar-refractivity contribution in [3.8, 4) is 0 Å². The van der Waals surface area contributed by atoms with Crippen molar-refractivity contribution >= 4 is 17.5 Å². The number of aromatic amines is 1. The first-order chi connectivity index (χ1) is 14.5. The summed E-state index contributed by atoms with van der Waals surface area (Å²) in [5.41, 5.74) is 2.44.